The molecular formula is C36H30O4. The molecule has 5 aromatic rings. The van der Waals surface area contributed by atoms with Crippen LogP contribution in [0.15, 0.2) is 139 Å². The number of ether oxygens (including phenoxy) is 4. The van der Waals surface area contributed by atoms with Gasteiger partial charge in [0.1, 0.15) is 42.8 Å². The Morgan fingerprint density at radius 2 is 1.05 bits per heavy atom. The summed E-state index contributed by atoms with van der Waals surface area (Å²) in [6.45, 7) is 1.45. The Labute approximate surface area is 235 Å². The molecule has 1 aliphatic rings. The third-order valence-corrected chi connectivity index (χ3v) is 6.75. The van der Waals surface area contributed by atoms with Gasteiger partial charge in [-0.25, -0.2) is 0 Å². The molecule has 0 saturated carbocycles. The molecule has 6 rings (SSSR count). The monoisotopic (exact) mass is 526 g/mol. The van der Waals surface area contributed by atoms with Gasteiger partial charge in [0.15, 0.2) is 5.76 Å². The molecule has 0 amide bonds. The molecule has 198 valence electrons. The molecule has 0 aromatic heterocycles. The van der Waals surface area contributed by atoms with Gasteiger partial charge in [0.2, 0.25) is 0 Å². The molecule has 40 heavy (non-hydrogen) atoms. The van der Waals surface area contributed by atoms with Crippen molar-refractivity contribution >= 4 is 5.76 Å². The molecule has 0 aliphatic carbocycles. The van der Waals surface area contributed by atoms with E-state index in [2.05, 4.69) is 36.4 Å². The molecule has 0 bridgehead atoms. The first kappa shape index (κ1) is 25.3. The van der Waals surface area contributed by atoms with E-state index in [1.165, 1.54) is 0 Å². The third kappa shape index (κ3) is 6.19. The predicted octanol–water partition coefficient (Wildman–Crippen LogP) is 8.37. The number of allylic oxidation sites excluding steroid dienone is 1. The zero-order valence-corrected chi connectivity index (χ0v) is 22.2. The molecule has 0 saturated heterocycles. The summed E-state index contributed by atoms with van der Waals surface area (Å²) >= 11 is 0. The summed E-state index contributed by atoms with van der Waals surface area (Å²) in [5, 5.41) is 0. The number of rotatable bonds is 10. The fourth-order valence-corrected chi connectivity index (χ4v) is 4.62. The fourth-order valence-electron chi connectivity index (χ4n) is 4.62. The molecule has 5 aromatic carbocycles. The average molecular weight is 527 g/mol. The summed E-state index contributed by atoms with van der Waals surface area (Å²) in [5.41, 5.74) is 5.24. The van der Waals surface area contributed by atoms with E-state index in [0.29, 0.717) is 32.0 Å². The topological polar surface area (TPSA) is 36.9 Å². The maximum Gasteiger partial charge on any atom is 0.172 e. The average Bonchev–Trinajstić information content (AvgIpc) is 3.03. The van der Waals surface area contributed by atoms with Gasteiger partial charge < -0.3 is 18.9 Å². The van der Waals surface area contributed by atoms with Crippen molar-refractivity contribution in [3.63, 3.8) is 0 Å². The summed E-state index contributed by atoms with van der Waals surface area (Å²) in [4.78, 5) is 0. The Kier molecular flexibility index (Phi) is 7.77. The molecule has 0 spiro atoms. The highest BCUT2D eigenvalue weighted by Crippen LogP contribution is 2.40. The van der Waals surface area contributed by atoms with E-state index in [-0.39, 0.29) is 0 Å². The zero-order chi connectivity index (χ0) is 27.0. The lowest BCUT2D eigenvalue weighted by Crippen LogP contribution is -2.13. The molecule has 4 nitrogen and oxygen atoms in total. The standard InChI is InChI=1S/C36H30O4/c1-4-11-27(12-5-1)24-37-31-21-19-30(20-22-31)36-35(39-26-29-15-8-3-9-16-29)23-32-33(17-10-18-34(32)40-36)38-25-28-13-6-2-7-14-28/h1-22H,23-26H2. The van der Waals surface area contributed by atoms with E-state index in [0.717, 1.165) is 50.8 Å². The molecule has 4 heteroatoms. The van der Waals surface area contributed by atoms with E-state index in [4.69, 9.17) is 18.9 Å². The van der Waals surface area contributed by atoms with Crippen LogP contribution < -0.4 is 14.2 Å². The Balaban J connectivity index is 1.24. The van der Waals surface area contributed by atoms with Crippen LogP contribution in [0.25, 0.3) is 5.76 Å². The van der Waals surface area contributed by atoms with Crippen molar-refractivity contribution in [3.05, 3.63) is 167 Å². The summed E-state index contributed by atoms with van der Waals surface area (Å²) in [6.07, 6.45) is 0.564. The van der Waals surface area contributed by atoms with Gasteiger partial charge in [0, 0.05) is 17.5 Å². The van der Waals surface area contributed by atoms with Crippen molar-refractivity contribution in [2.45, 2.75) is 26.2 Å². The van der Waals surface area contributed by atoms with Crippen LogP contribution in [0.2, 0.25) is 0 Å². The lowest BCUT2D eigenvalue weighted by Gasteiger charge is -2.26. The number of benzene rings is 5. The maximum atomic E-state index is 6.51. The zero-order valence-electron chi connectivity index (χ0n) is 22.2. The van der Waals surface area contributed by atoms with Crippen molar-refractivity contribution < 1.29 is 18.9 Å². The number of fused-ring (bicyclic) bond motifs is 1. The number of hydrogen-bond donors (Lipinski definition) is 0. The molecule has 0 fully saturated rings. The first-order valence-electron chi connectivity index (χ1n) is 13.5. The second-order valence-electron chi connectivity index (χ2n) is 9.61. The summed E-state index contributed by atoms with van der Waals surface area (Å²) in [7, 11) is 0. The van der Waals surface area contributed by atoms with Crippen LogP contribution in [-0.2, 0) is 31.0 Å². The molecule has 0 radical (unpaired) electrons. The Bertz CT molecular complexity index is 1560. The molecule has 0 N–H and O–H groups in total. The first-order valence-corrected chi connectivity index (χ1v) is 13.5. The molecule has 1 heterocycles. The van der Waals surface area contributed by atoms with Crippen molar-refractivity contribution in [1.29, 1.82) is 0 Å². The van der Waals surface area contributed by atoms with Gasteiger partial charge in [0.25, 0.3) is 0 Å². The second-order valence-corrected chi connectivity index (χ2v) is 9.61. The Hall–Kier alpha value is -4.96. The molecule has 0 atom stereocenters. The van der Waals surface area contributed by atoms with Crippen LogP contribution >= 0.6 is 0 Å². The largest absolute Gasteiger partial charge is 0.489 e. The Morgan fingerprint density at radius 1 is 0.500 bits per heavy atom. The third-order valence-electron chi connectivity index (χ3n) is 6.75. The second kappa shape index (κ2) is 12.3. The SMILES string of the molecule is c1ccc(COC2=C(c3ccc(OCc4ccccc4)cc3)Oc3cccc(OCc4ccccc4)c3C2)cc1. The van der Waals surface area contributed by atoms with Crippen LogP contribution in [0.4, 0.5) is 0 Å². The van der Waals surface area contributed by atoms with Crippen molar-refractivity contribution in [2.24, 2.45) is 0 Å². The van der Waals surface area contributed by atoms with E-state index < -0.39 is 0 Å². The minimum atomic E-state index is 0.448. The van der Waals surface area contributed by atoms with Crippen LogP contribution in [0.1, 0.15) is 27.8 Å². The summed E-state index contributed by atoms with van der Waals surface area (Å²) in [6, 6.07) is 44.4. The van der Waals surface area contributed by atoms with Gasteiger partial charge in [-0.15, -0.1) is 0 Å². The maximum absolute atomic E-state index is 6.51. The summed E-state index contributed by atoms with van der Waals surface area (Å²) in [5.74, 6) is 3.85. The lowest BCUT2D eigenvalue weighted by atomic mass is 10.0. The van der Waals surface area contributed by atoms with Gasteiger partial charge in [-0.05, 0) is 53.1 Å². The van der Waals surface area contributed by atoms with Crippen LogP contribution in [-0.4, -0.2) is 0 Å². The van der Waals surface area contributed by atoms with Crippen LogP contribution in [0.5, 0.6) is 17.2 Å². The Morgan fingerprint density at radius 3 is 1.65 bits per heavy atom. The minimum Gasteiger partial charge on any atom is -0.489 e. The van der Waals surface area contributed by atoms with Gasteiger partial charge in [-0.2, -0.15) is 0 Å². The van der Waals surface area contributed by atoms with Gasteiger partial charge in [0.05, 0.1) is 0 Å². The van der Waals surface area contributed by atoms with Gasteiger partial charge in [-0.1, -0.05) is 97.1 Å². The quantitative estimate of drug-likeness (QED) is 0.183. The molecule has 1 aliphatic heterocycles. The van der Waals surface area contributed by atoms with Crippen molar-refractivity contribution in [3.8, 4) is 17.2 Å². The highest BCUT2D eigenvalue weighted by molar-refractivity contribution is 5.69. The highest BCUT2D eigenvalue weighted by atomic mass is 16.5. The smallest absolute Gasteiger partial charge is 0.172 e. The van der Waals surface area contributed by atoms with E-state index in [1.54, 1.807) is 0 Å². The van der Waals surface area contributed by atoms with Crippen LogP contribution in [0, 0.1) is 0 Å². The van der Waals surface area contributed by atoms with E-state index in [9.17, 15) is 0 Å². The van der Waals surface area contributed by atoms with Crippen LogP contribution in [0.3, 0.4) is 0 Å². The van der Waals surface area contributed by atoms with Crippen molar-refractivity contribution in [1.82, 2.24) is 0 Å². The molecule has 0 unspecified atom stereocenters. The lowest BCUT2D eigenvalue weighted by molar-refractivity contribution is 0.183. The fraction of sp³-hybridized carbons (Fsp3) is 0.111. The normalized spacial score (nSPS) is 12.3. The first-order chi connectivity index (χ1) is 19.8. The minimum absolute atomic E-state index is 0.448. The number of hydrogen-bond acceptors (Lipinski definition) is 4. The van der Waals surface area contributed by atoms with Gasteiger partial charge in [-0.3, -0.25) is 0 Å². The predicted molar refractivity (Wildman–Crippen MR) is 157 cm³/mol. The van der Waals surface area contributed by atoms with E-state index >= 15 is 0 Å². The summed E-state index contributed by atoms with van der Waals surface area (Å²) < 4.78 is 25.2. The van der Waals surface area contributed by atoms with Gasteiger partial charge >= 0.3 is 0 Å². The highest BCUT2D eigenvalue weighted by Gasteiger charge is 2.26. The van der Waals surface area contributed by atoms with Crippen molar-refractivity contribution in [2.75, 3.05) is 0 Å². The molecular weight excluding hydrogens is 496 g/mol. The van der Waals surface area contributed by atoms with E-state index in [1.807, 2.05) is 97.1 Å².